The Morgan fingerprint density at radius 2 is 2.08 bits per heavy atom. The lowest BCUT2D eigenvalue weighted by atomic mass is 9.71. The van der Waals surface area contributed by atoms with Gasteiger partial charge in [0.15, 0.2) is 0 Å². The monoisotopic (exact) mass is 345 g/mol. The number of nitrogens with zero attached hydrogens (tertiary/aromatic N) is 3. The zero-order valence-corrected chi connectivity index (χ0v) is 15.3. The summed E-state index contributed by atoms with van der Waals surface area (Å²) >= 11 is 0. The van der Waals surface area contributed by atoms with Crippen molar-refractivity contribution in [1.82, 2.24) is 14.8 Å². The molecule has 0 bridgehead atoms. The van der Waals surface area contributed by atoms with Crippen LogP contribution in [0.15, 0.2) is 18.3 Å². The second-order valence-corrected chi connectivity index (χ2v) is 7.24. The quantitative estimate of drug-likeness (QED) is 0.834. The van der Waals surface area contributed by atoms with E-state index >= 15 is 0 Å². The Balaban J connectivity index is 1.70. The second-order valence-electron chi connectivity index (χ2n) is 7.24. The largest absolute Gasteiger partial charge is 0.384 e. The Morgan fingerprint density at radius 3 is 2.64 bits per heavy atom. The van der Waals surface area contributed by atoms with Crippen LogP contribution < -0.4 is 0 Å². The highest BCUT2D eigenvalue weighted by molar-refractivity contribution is 5.92. The molecule has 2 fully saturated rings. The number of methoxy groups -OCH3 is 1. The first-order valence-corrected chi connectivity index (χ1v) is 9.00. The molecule has 1 aromatic heterocycles. The van der Waals surface area contributed by atoms with Crippen LogP contribution in [0.4, 0.5) is 0 Å². The maximum absolute atomic E-state index is 12.7. The van der Waals surface area contributed by atoms with Gasteiger partial charge in [-0.15, -0.1) is 0 Å². The van der Waals surface area contributed by atoms with Crippen LogP contribution in [0.2, 0.25) is 0 Å². The van der Waals surface area contributed by atoms with Crippen molar-refractivity contribution in [1.29, 1.82) is 0 Å². The van der Waals surface area contributed by atoms with E-state index in [4.69, 9.17) is 4.74 Å². The first-order chi connectivity index (χ1) is 12.0. The predicted octanol–water partition coefficient (Wildman–Crippen LogP) is 1.74. The van der Waals surface area contributed by atoms with Crippen LogP contribution in [0.1, 0.15) is 35.8 Å². The number of likely N-dealkylation sites (tertiary alicyclic amines) is 2. The molecule has 6 heteroatoms. The third-order valence-electron chi connectivity index (χ3n) is 5.75. The molecule has 0 aromatic carbocycles. The molecular formula is C19H27N3O3. The molecule has 0 radical (unpaired) electrons. The van der Waals surface area contributed by atoms with Crippen LogP contribution in [-0.4, -0.2) is 66.5 Å². The van der Waals surface area contributed by atoms with Crippen molar-refractivity contribution < 1.29 is 14.3 Å². The summed E-state index contributed by atoms with van der Waals surface area (Å²) in [6.07, 6.45) is 3.39. The van der Waals surface area contributed by atoms with Crippen LogP contribution in [0.5, 0.6) is 0 Å². The molecule has 0 N–H and O–H groups in total. The molecule has 1 atom stereocenters. The van der Waals surface area contributed by atoms with Crippen molar-refractivity contribution in [2.45, 2.75) is 26.7 Å². The number of ether oxygens (including phenoxy) is 1. The van der Waals surface area contributed by atoms with Gasteiger partial charge in [0, 0.05) is 44.9 Å². The minimum absolute atomic E-state index is 0.0187. The zero-order chi connectivity index (χ0) is 18.0. The number of carbonyl (C=O) groups excluding carboxylic acids is 2. The second kappa shape index (κ2) is 7.12. The van der Waals surface area contributed by atoms with E-state index in [2.05, 4.69) is 4.98 Å². The predicted molar refractivity (Wildman–Crippen MR) is 94.2 cm³/mol. The number of pyridine rings is 1. The highest BCUT2D eigenvalue weighted by atomic mass is 16.5. The Kier molecular flexibility index (Phi) is 5.08. The first kappa shape index (κ1) is 17.9. The van der Waals surface area contributed by atoms with Crippen LogP contribution in [-0.2, 0) is 9.53 Å². The number of aryl methyl sites for hydroxylation is 1. The van der Waals surface area contributed by atoms with Gasteiger partial charge in [-0.2, -0.15) is 0 Å². The number of aromatic nitrogens is 1. The molecule has 0 saturated carbocycles. The summed E-state index contributed by atoms with van der Waals surface area (Å²) in [6, 6.07) is 3.70. The molecule has 1 spiro atoms. The fraction of sp³-hybridized carbons (Fsp3) is 0.632. The number of hydrogen-bond donors (Lipinski definition) is 0. The molecule has 2 amide bonds. The fourth-order valence-corrected chi connectivity index (χ4v) is 4.15. The number of piperidine rings is 1. The molecule has 1 aromatic rings. The van der Waals surface area contributed by atoms with E-state index in [1.165, 1.54) is 0 Å². The average molecular weight is 345 g/mol. The van der Waals surface area contributed by atoms with Crippen molar-refractivity contribution in [3.8, 4) is 0 Å². The van der Waals surface area contributed by atoms with Gasteiger partial charge >= 0.3 is 0 Å². The van der Waals surface area contributed by atoms with Gasteiger partial charge in [-0.25, -0.2) is 0 Å². The normalized spacial score (nSPS) is 22.7. The number of hydrogen-bond acceptors (Lipinski definition) is 4. The smallest absolute Gasteiger partial charge is 0.272 e. The lowest BCUT2D eigenvalue weighted by Crippen LogP contribution is -2.47. The van der Waals surface area contributed by atoms with E-state index in [1.807, 2.05) is 29.7 Å². The van der Waals surface area contributed by atoms with Gasteiger partial charge in [0.05, 0.1) is 12.5 Å². The van der Waals surface area contributed by atoms with Gasteiger partial charge < -0.3 is 14.5 Å². The van der Waals surface area contributed by atoms with Crippen LogP contribution >= 0.6 is 0 Å². The number of rotatable bonds is 4. The third kappa shape index (κ3) is 3.27. The highest BCUT2D eigenvalue weighted by Gasteiger charge is 2.52. The van der Waals surface area contributed by atoms with E-state index in [1.54, 1.807) is 19.4 Å². The Hall–Kier alpha value is -1.95. The summed E-state index contributed by atoms with van der Waals surface area (Å²) in [5.41, 5.74) is 1.47. The molecule has 2 aliphatic rings. The molecule has 0 unspecified atom stereocenters. The van der Waals surface area contributed by atoms with Crippen molar-refractivity contribution in [2.24, 2.45) is 11.3 Å². The van der Waals surface area contributed by atoms with E-state index in [9.17, 15) is 9.59 Å². The van der Waals surface area contributed by atoms with E-state index < -0.39 is 0 Å². The van der Waals surface area contributed by atoms with Crippen molar-refractivity contribution >= 4 is 11.8 Å². The lowest BCUT2D eigenvalue weighted by Gasteiger charge is -2.41. The summed E-state index contributed by atoms with van der Waals surface area (Å²) in [5, 5.41) is 0. The third-order valence-corrected chi connectivity index (χ3v) is 5.75. The number of carbonyl (C=O) groups is 2. The number of amides is 2. The molecule has 6 nitrogen and oxygen atoms in total. The summed E-state index contributed by atoms with van der Waals surface area (Å²) in [5.74, 6) is 0.0892. The van der Waals surface area contributed by atoms with E-state index in [0.29, 0.717) is 25.4 Å². The van der Waals surface area contributed by atoms with E-state index in [0.717, 1.165) is 31.5 Å². The molecule has 2 saturated heterocycles. The standard InChI is InChI=1S/C19H27N3O3/c1-4-21-13-19(15(12-25-3)17(21)23)7-9-22(10-8-19)18(24)16-6-5-14(2)11-20-16/h5-6,11,15H,4,7-10,12-13H2,1-3H3/t15-/m0/s1. The van der Waals surface area contributed by atoms with Gasteiger partial charge in [-0.1, -0.05) is 6.07 Å². The lowest BCUT2D eigenvalue weighted by molar-refractivity contribution is -0.133. The molecular weight excluding hydrogens is 318 g/mol. The summed E-state index contributed by atoms with van der Waals surface area (Å²) in [4.78, 5) is 33.3. The topological polar surface area (TPSA) is 62.7 Å². The molecule has 136 valence electrons. The Morgan fingerprint density at radius 1 is 1.36 bits per heavy atom. The van der Waals surface area contributed by atoms with Crippen LogP contribution in [0.25, 0.3) is 0 Å². The molecule has 3 heterocycles. The minimum Gasteiger partial charge on any atom is -0.384 e. The minimum atomic E-state index is -0.0906. The van der Waals surface area contributed by atoms with Crippen molar-refractivity contribution in [3.63, 3.8) is 0 Å². The van der Waals surface area contributed by atoms with Gasteiger partial charge in [0.1, 0.15) is 5.69 Å². The first-order valence-electron chi connectivity index (χ1n) is 9.00. The summed E-state index contributed by atoms with van der Waals surface area (Å²) < 4.78 is 5.33. The molecule has 2 aliphatic heterocycles. The van der Waals surface area contributed by atoms with Gasteiger partial charge in [-0.3, -0.25) is 14.6 Å². The maximum atomic E-state index is 12.7. The van der Waals surface area contributed by atoms with Crippen LogP contribution in [0, 0.1) is 18.3 Å². The zero-order valence-electron chi connectivity index (χ0n) is 15.3. The molecule has 0 aliphatic carbocycles. The Bertz CT molecular complexity index is 636. The van der Waals surface area contributed by atoms with Crippen LogP contribution in [0.3, 0.4) is 0 Å². The van der Waals surface area contributed by atoms with Crippen molar-refractivity contribution in [3.05, 3.63) is 29.6 Å². The van der Waals surface area contributed by atoms with E-state index in [-0.39, 0.29) is 23.1 Å². The summed E-state index contributed by atoms with van der Waals surface area (Å²) in [6.45, 7) is 7.28. The SMILES string of the molecule is CCN1CC2(CCN(C(=O)c3ccc(C)cn3)CC2)[C@@H](COC)C1=O. The van der Waals surface area contributed by atoms with Crippen molar-refractivity contribution in [2.75, 3.05) is 39.9 Å². The van der Waals surface area contributed by atoms with Gasteiger partial charge in [-0.05, 0) is 38.3 Å². The van der Waals surface area contributed by atoms with Gasteiger partial charge in [0.25, 0.3) is 5.91 Å². The molecule has 25 heavy (non-hydrogen) atoms. The highest BCUT2D eigenvalue weighted by Crippen LogP contribution is 2.45. The van der Waals surface area contributed by atoms with Gasteiger partial charge in [0.2, 0.25) is 5.91 Å². The fourth-order valence-electron chi connectivity index (χ4n) is 4.15. The maximum Gasteiger partial charge on any atom is 0.272 e. The Labute approximate surface area is 149 Å². The summed E-state index contributed by atoms with van der Waals surface area (Å²) in [7, 11) is 1.65. The molecule has 3 rings (SSSR count). The average Bonchev–Trinajstić information content (AvgIpc) is 2.88.